The molecule has 0 bridgehead atoms. The van der Waals surface area contributed by atoms with Crippen molar-refractivity contribution in [3.05, 3.63) is 222 Å². The van der Waals surface area contributed by atoms with Crippen molar-refractivity contribution < 1.29 is 0 Å². The summed E-state index contributed by atoms with van der Waals surface area (Å²) in [6, 6.07) is 74.5. The molecule has 1 aromatic heterocycles. The molecule has 0 spiro atoms. The Balaban J connectivity index is 1.16. The van der Waals surface area contributed by atoms with Crippen LogP contribution in [0.25, 0.3) is 64.3 Å². The number of hydrogen-bond acceptors (Lipinski definition) is 2. The maximum atomic E-state index is 2.49. The largest absolute Gasteiger partial charge is 0.310 e. The Bertz CT molecular complexity index is 3100. The molecule has 0 aliphatic heterocycles. The van der Waals surface area contributed by atoms with Gasteiger partial charge in [0.2, 0.25) is 0 Å². The molecule has 0 unspecified atom stereocenters. The first-order chi connectivity index (χ1) is 27.3. The molecule has 2 aliphatic carbocycles. The summed E-state index contributed by atoms with van der Waals surface area (Å²) in [5, 5.41) is 5.37. The Kier molecular flexibility index (Phi) is 6.49. The lowest BCUT2D eigenvalue weighted by molar-refractivity contribution is 0.768. The highest BCUT2D eigenvalue weighted by atomic mass is 32.1. The zero-order valence-electron chi connectivity index (χ0n) is 29.9. The molecule has 0 fully saturated rings. The second kappa shape index (κ2) is 11.6. The molecule has 1 nitrogen and oxygen atoms in total. The second-order valence-electron chi connectivity index (χ2n) is 14.8. The molecular weight excluding hydrogens is 683 g/mol. The normalized spacial score (nSPS) is 13.2. The van der Waals surface area contributed by atoms with Crippen LogP contribution in [0.15, 0.2) is 200 Å². The van der Waals surface area contributed by atoms with Crippen molar-refractivity contribution in [1.29, 1.82) is 0 Å². The first kappa shape index (κ1) is 30.7. The smallest absolute Gasteiger partial charge is 0.0713 e. The van der Waals surface area contributed by atoms with E-state index in [1.165, 1.54) is 92.3 Å². The summed E-state index contributed by atoms with van der Waals surface area (Å²) in [4.78, 5) is 2.49. The van der Waals surface area contributed by atoms with Gasteiger partial charge in [-0.1, -0.05) is 158 Å². The number of anilines is 3. The number of benzene rings is 9. The van der Waals surface area contributed by atoms with Gasteiger partial charge in [0.15, 0.2) is 0 Å². The molecule has 0 saturated heterocycles. The second-order valence-corrected chi connectivity index (χ2v) is 15.8. The summed E-state index contributed by atoms with van der Waals surface area (Å²) < 4.78 is 2.68. The SMILES string of the molecule is c1ccc(N(c2ccc3c(c2)-c2ccccc2C3(c2ccccc2)c2ccccc2)c2cccc3c2-c2cccc4ccc5sc6cccc-3c6c5c24)cc1. The number of fused-ring (bicyclic) bond motifs is 6. The highest BCUT2D eigenvalue weighted by molar-refractivity contribution is 7.26. The number of nitrogens with zero attached hydrogens (tertiary/aromatic N) is 1. The van der Waals surface area contributed by atoms with Gasteiger partial charge in [0.25, 0.3) is 0 Å². The van der Waals surface area contributed by atoms with Crippen LogP contribution < -0.4 is 4.90 Å². The fourth-order valence-corrected chi connectivity index (χ4v) is 11.1. The van der Waals surface area contributed by atoms with Gasteiger partial charge >= 0.3 is 0 Å². The average molecular weight is 716 g/mol. The maximum Gasteiger partial charge on any atom is 0.0713 e. The van der Waals surface area contributed by atoms with Crippen molar-refractivity contribution in [2.45, 2.75) is 5.41 Å². The van der Waals surface area contributed by atoms with E-state index in [0.717, 1.165) is 11.4 Å². The topological polar surface area (TPSA) is 3.24 Å². The van der Waals surface area contributed by atoms with E-state index >= 15 is 0 Å². The molecule has 55 heavy (non-hydrogen) atoms. The standard InChI is InChI=1S/C53H33NS/c1-4-16-35(17-5-1)53(36-18-6-2-7-19-36)44-26-11-10-22-39(44)43-33-38(30-31-45(43)53)54(37-20-8-3-9-21-37)46-27-13-23-40-41-24-14-28-47-51(41)52-48(55-47)32-29-34-15-12-25-42(49(34)52)50(40)46/h1-33H. The van der Waals surface area contributed by atoms with Crippen LogP contribution in [-0.2, 0) is 5.41 Å². The van der Waals surface area contributed by atoms with Gasteiger partial charge in [0.1, 0.15) is 0 Å². The Morgan fingerprint density at radius 3 is 1.78 bits per heavy atom. The lowest BCUT2D eigenvalue weighted by atomic mass is 9.68. The minimum absolute atomic E-state index is 0.446. The van der Waals surface area contributed by atoms with Crippen LogP contribution in [0.5, 0.6) is 0 Å². The third kappa shape index (κ3) is 4.18. The molecular formula is C53H33NS. The van der Waals surface area contributed by atoms with Crippen molar-refractivity contribution in [2.75, 3.05) is 4.90 Å². The molecule has 0 N–H and O–H groups in total. The summed E-state index contributed by atoms with van der Waals surface area (Å²) in [7, 11) is 0. The first-order valence-corrected chi connectivity index (χ1v) is 19.8. The Morgan fingerprint density at radius 2 is 0.982 bits per heavy atom. The number of thiophene rings is 1. The monoisotopic (exact) mass is 715 g/mol. The zero-order valence-corrected chi connectivity index (χ0v) is 30.7. The predicted octanol–water partition coefficient (Wildman–Crippen LogP) is 14.7. The molecule has 12 rings (SSSR count). The number of para-hydroxylation sites is 1. The Hall–Kier alpha value is -6.74. The van der Waals surface area contributed by atoms with Gasteiger partial charge in [0, 0.05) is 37.1 Å². The minimum Gasteiger partial charge on any atom is -0.310 e. The Labute approximate surface area is 324 Å². The van der Waals surface area contributed by atoms with Gasteiger partial charge < -0.3 is 4.90 Å². The van der Waals surface area contributed by atoms with E-state index in [1.807, 2.05) is 11.3 Å². The molecule has 0 saturated carbocycles. The van der Waals surface area contributed by atoms with Crippen molar-refractivity contribution in [3.63, 3.8) is 0 Å². The zero-order chi connectivity index (χ0) is 36.1. The molecule has 256 valence electrons. The van der Waals surface area contributed by atoms with E-state index in [0.29, 0.717) is 0 Å². The van der Waals surface area contributed by atoms with Gasteiger partial charge in [-0.3, -0.25) is 0 Å². The van der Waals surface area contributed by atoms with Crippen molar-refractivity contribution in [1.82, 2.24) is 0 Å². The van der Waals surface area contributed by atoms with Crippen molar-refractivity contribution in [3.8, 4) is 33.4 Å². The number of hydrogen-bond donors (Lipinski definition) is 0. The molecule has 0 atom stereocenters. The van der Waals surface area contributed by atoms with E-state index in [1.54, 1.807) is 0 Å². The van der Waals surface area contributed by atoms with E-state index < -0.39 is 5.41 Å². The molecule has 0 radical (unpaired) electrons. The summed E-state index contributed by atoms with van der Waals surface area (Å²) in [6.07, 6.45) is 0. The van der Waals surface area contributed by atoms with Gasteiger partial charge in [-0.2, -0.15) is 0 Å². The van der Waals surface area contributed by atoms with Crippen LogP contribution >= 0.6 is 11.3 Å². The van der Waals surface area contributed by atoms with Gasteiger partial charge in [-0.15, -0.1) is 11.3 Å². The third-order valence-corrected chi connectivity index (χ3v) is 13.2. The maximum absolute atomic E-state index is 2.49. The summed E-state index contributed by atoms with van der Waals surface area (Å²) >= 11 is 1.90. The molecule has 10 aromatic rings. The third-order valence-electron chi connectivity index (χ3n) is 12.1. The van der Waals surface area contributed by atoms with Gasteiger partial charge in [-0.05, 0) is 103 Å². The Morgan fingerprint density at radius 1 is 0.364 bits per heavy atom. The van der Waals surface area contributed by atoms with Crippen LogP contribution in [0.3, 0.4) is 0 Å². The summed E-state index contributed by atoms with van der Waals surface area (Å²) in [6.45, 7) is 0. The summed E-state index contributed by atoms with van der Waals surface area (Å²) in [5.41, 5.74) is 15.8. The highest BCUT2D eigenvalue weighted by Crippen LogP contribution is 2.58. The van der Waals surface area contributed by atoms with Gasteiger partial charge in [0.05, 0.1) is 11.1 Å². The van der Waals surface area contributed by atoms with E-state index in [2.05, 4.69) is 205 Å². The highest BCUT2D eigenvalue weighted by Gasteiger charge is 2.46. The van der Waals surface area contributed by atoms with E-state index in [4.69, 9.17) is 0 Å². The van der Waals surface area contributed by atoms with Crippen molar-refractivity contribution in [2.24, 2.45) is 0 Å². The predicted molar refractivity (Wildman–Crippen MR) is 233 cm³/mol. The molecule has 0 amide bonds. The molecule has 9 aromatic carbocycles. The first-order valence-electron chi connectivity index (χ1n) is 19.0. The van der Waals surface area contributed by atoms with Gasteiger partial charge in [-0.25, -0.2) is 0 Å². The lowest BCUT2D eigenvalue weighted by Crippen LogP contribution is -2.28. The van der Waals surface area contributed by atoms with Crippen molar-refractivity contribution >= 4 is 59.3 Å². The van der Waals surface area contributed by atoms with Crippen LogP contribution in [0.2, 0.25) is 0 Å². The van der Waals surface area contributed by atoms with E-state index in [9.17, 15) is 0 Å². The fraction of sp³-hybridized carbons (Fsp3) is 0.0189. The van der Waals surface area contributed by atoms with Crippen LogP contribution in [0, 0.1) is 0 Å². The van der Waals surface area contributed by atoms with E-state index in [-0.39, 0.29) is 0 Å². The van der Waals surface area contributed by atoms with Crippen LogP contribution in [0.1, 0.15) is 22.3 Å². The minimum atomic E-state index is -0.446. The summed E-state index contributed by atoms with van der Waals surface area (Å²) in [5.74, 6) is 0. The van der Waals surface area contributed by atoms with Crippen LogP contribution in [0.4, 0.5) is 17.1 Å². The fourth-order valence-electron chi connectivity index (χ4n) is 9.93. The van der Waals surface area contributed by atoms with Crippen LogP contribution in [-0.4, -0.2) is 0 Å². The quantitative estimate of drug-likeness (QED) is 0.171. The molecule has 1 heterocycles. The molecule has 2 aliphatic rings. The lowest BCUT2D eigenvalue weighted by Gasteiger charge is -2.34. The molecule has 2 heteroatoms. The average Bonchev–Trinajstić information content (AvgIpc) is 3.74. The number of rotatable bonds is 5.